The first-order valence-electron chi connectivity index (χ1n) is 6.42. The van der Waals surface area contributed by atoms with Crippen LogP contribution in [0.15, 0.2) is 18.2 Å². The topological polar surface area (TPSA) is 46.6 Å². The fourth-order valence-corrected chi connectivity index (χ4v) is 2.02. The molecular formula is C15H21NO3. The number of benzene rings is 1. The van der Waals surface area contributed by atoms with Gasteiger partial charge in [-0.3, -0.25) is 9.59 Å². The van der Waals surface area contributed by atoms with E-state index in [1.165, 1.54) is 12.0 Å². The van der Waals surface area contributed by atoms with Crippen LogP contribution >= 0.6 is 0 Å². The van der Waals surface area contributed by atoms with Crippen molar-refractivity contribution in [3.63, 3.8) is 0 Å². The Labute approximate surface area is 114 Å². The molecule has 0 saturated heterocycles. The maximum Gasteiger partial charge on any atom is 0.325 e. The molecule has 0 unspecified atom stereocenters. The Morgan fingerprint density at radius 1 is 1.16 bits per heavy atom. The number of carbonyl (C=O) groups is 2. The third-order valence-corrected chi connectivity index (χ3v) is 2.80. The molecule has 4 heteroatoms. The van der Waals surface area contributed by atoms with Gasteiger partial charge in [-0.15, -0.1) is 0 Å². The van der Waals surface area contributed by atoms with Gasteiger partial charge in [0.25, 0.3) is 5.91 Å². The van der Waals surface area contributed by atoms with Crippen molar-refractivity contribution in [2.24, 2.45) is 0 Å². The van der Waals surface area contributed by atoms with E-state index in [0.29, 0.717) is 12.1 Å². The molecule has 1 rings (SSSR count). The molecule has 0 aromatic heterocycles. The summed E-state index contributed by atoms with van der Waals surface area (Å²) in [4.78, 5) is 25.3. The molecule has 19 heavy (non-hydrogen) atoms. The average Bonchev–Trinajstić information content (AvgIpc) is 2.36. The number of hydrogen-bond donors (Lipinski definition) is 0. The van der Waals surface area contributed by atoms with Crippen LogP contribution in [0.1, 0.15) is 34.8 Å². The lowest BCUT2D eigenvalue weighted by molar-refractivity contribution is -0.141. The highest BCUT2D eigenvalue weighted by atomic mass is 16.5. The first-order valence-corrected chi connectivity index (χ1v) is 6.42. The predicted octanol–water partition coefficient (Wildman–Crippen LogP) is 2.33. The molecule has 0 aliphatic carbocycles. The number of hydrogen-bond acceptors (Lipinski definition) is 3. The van der Waals surface area contributed by atoms with Crippen LogP contribution in [0.25, 0.3) is 0 Å². The maximum atomic E-state index is 12.4. The van der Waals surface area contributed by atoms with E-state index in [4.69, 9.17) is 0 Å². The van der Waals surface area contributed by atoms with Crippen LogP contribution in [-0.2, 0) is 9.53 Å². The first-order chi connectivity index (χ1) is 8.97. The van der Waals surface area contributed by atoms with Crippen molar-refractivity contribution in [1.29, 1.82) is 0 Å². The number of esters is 1. The van der Waals surface area contributed by atoms with E-state index in [1.807, 2.05) is 39.0 Å². The SMILES string of the molecule is CCCN(CC(=O)OC)C(=O)c1cc(C)cc(C)c1. The van der Waals surface area contributed by atoms with E-state index in [0.717, 1.165) is 17.5 Å². The van der Waals surface area contributed by atoms with Gasteiger partial charge in [0.1, 0.15) is 6.54 Å². The molecule has 1 amide bonds. The Morgan fingerprint density at radius 3 is 2.21 bits per heavy atom. The molecule has 0 aliphatic rings. The molecule has 0 atom stereocenters. The summed E-state index contributed by atoms with van der Waals surface area (Å²) in [5, 5.41) is 0. The van der Waals surface area contributed by atoms with Crippen LogP contribution in [0.3, 0.4) is 0 Å². The van der Waals surface area contributed by atoms with Gasteiger partial charge < -0.3 is 9.64 Å². The lowest BCUT2D eigenvalue weighted by Gasteiger charge is -2.21. The van der Waals surface area contributed by atoms with E-state index in [1.54, 1.807) is 0 Å². The third-order valence-electron chi connectivity index (χ3n) is 2.80. The standard InChI is InChI=1S/C15H21NO3/c1-5-6-16(10-14(17)19-4)15(18)13-8-11(2)7-12(3)9-13/h7-9H,5-6,10H2,1-4H3. The van der Waals surface area contributed by atoms with Crippen molar-refractivity contribution in [3.8, 4) is 0 Å². The summed E-state index contributed by atoms with van der Waals surface area (Å²) in [5.74, 6) is -0.523. The van der Waals surface area contributed by atoms with Crippen molar-refractivity contribution in [1.82, 2.24) is 4.90 Å². The molecule has 0 heterocycles. The van der Waals surface area contributed by atoms with Gasteiger partial charge in [-0.05, 0) is 32.4 Å². The highest BCUT2D eigenvalue weighted by Crippen LogP contribution is 2.12. The molecule has 0 fully saturated rings. The van der Waals surface area contributed by atoms with Gasteiger partial charge in [-0.25, -0.2) is 0 Å². The maximum absolute atomic E-state index is 12.4. The van der Waals surface area contributed by atoms with Crippen LogP contribution in [-0.4, -0.2) is 37.0 Å². The number of amides is 1. The van der Waals surface area contributed by atoms with E-state index < -0.39 is 5.97 Å². The summed E-state index contributed by atoms with van der Waals surface area (Å²) in [6.07, 6.45) is 0.799. The number of nitrogens with zero attached hydrogens (tertiary/aromatic N) is 1. The van der Waals surface area contributed by atoms with Crippen molar-refractivity contribution < 1.29 is 14.3 Å². The fraction of sp³-hybridized carbons (Fsp3) is 0.467. The minimum atomic E-state index is -0.397. The summed E-state index contributed by atoms with van der Waals surface area (Å²) >= 11 is 0. The van der Waals surface area contributed by atoms with Crippen LogP contribution < -0.4 is 0 Å². The molecule has 1 aromatic carbocycles. The number of methoxy groups -OCH3 is 1. The molecule has 0 saturated carbocycles. The summed E-state index contributed by atoms with van der Waals surface area (Å²) in [6.45, 7) is 6.42. The molecule has 0 spiro atoms. The van der Waals surface area contributed by atoms with Gasteiger partial charge in [-0.2, -0.15) is 0 Å². The average molecular weight is 263 g/mol. The van der Waals surface area contributed by atoms with E-state index >= 15 is 0 Å². The number of rotatable bonds is 5. The lowest BCUT2D eigenvalue weighted by Crippen LogP contribution is -2.36. The number of ether oxygens (including phenoxy) is 1. The van der Waals surface area contributed by atoms with E-state index in [-0.39, 0.29) is 12.5 Å². The Hall–Kier alpha value is -1.84. The zero-order valence-corrected chi connectivity index (χ0v) is 12.0. The fourth-order valence-electron chi connectivity index (χ4n) is 2.02. The highest BCUT2D eigenvalue weighted by Gasteiger charge is 2.18. The summed E-state index contributed by atoms with van der Waals surface area (Å²) in [6, 6.07) is 5.70. The van der Waals surface area contributed by atoms with Gasteiger partial charge in [0.05, 0.1) is 7.11 Å². The lowest BCUT2D eigenvalue weighted by atomic mass is 10.1. The minimum absolute atomic E-state index is 0.00381. The second kappa shape index (κ2) is 6.92. The van der Waals surface area contributed by atoms with Crippen LogP contribution in [0.4, 0.5) is 0 Å². The second-order valence-electron chi connectivity index (χ2n) is 4.68. The number of carbonyl (C=O) groups excluding carboxylic acids is 2. The van der Waals surface area contributed by atoms with Crippen molar-refractivity contribution in [2.75, 3.05) is 20.2 Å². The minimum Gasteiger partial charge on any atom is -0.468 e. The van der Waals surface area contributed by atoms with Gasteiger partial charge in [0.15, 0.2) is 0 Å². The zero-order chi connectivity index (χ0) is 14.4. The summed E-state index contributed by atoms with van der Waals surface area (Å²) < 4.78 is 4.63. The summed E-state index contributed by atoms with van der Waals surface area (Å²) in [5.41, 5.74) is 2.70. The quantitative estimate of drug-likeness (QED) is 0.766. The largest absolute Gasteiger partial charge is 0.468 e. The van der Waals surface area contributed by atoms with Gasteiger partial charge in [0, 0.05) is 12.1 Å². The molecular weight excluding hydrogens is 242 g/mol. The Balaban J connectivity index is 2.94. The predicted molar refractivity (Wildman–Crippen MR) is 74.1 cm³/mol. The molecule has 104 valence electrons. The first kappa shape index (κ1) is 15.2. The van der Waals surface area contributed by atoms with Crippen molar-refractivity contribution >= 4 is 11.9 Å². The van der Waals surface area contributed by atoms with E-state index in [9.17, 15) is 9.59 Å². The highest BCUT2D eigenvalue weighted by molar-refractivity contribution is 5.96. The Kier molecular flexibility index (Phi) is 5.55. The van der Waals surface area contributed by atoms with Gasteiger partial charge in [0.2, 0.25) is 0 Å². The van der Waals surface area contributed by atoms with Crippen LogP contribution in [0.5, 0.6) is 0 Å². The normalized spacial score (nSPS) is 10.1. The van der Waals surface area contributed by atoms with Gasteiger partial charge in [-0.1, -0.05) is 24.1 Å². The van der Waals surface area contributed by atoms with Crippen LogP contribution in [0, 0.1) is 13.8 Å². The summed E-state index contributed by atoms with van der Waals surface area (Å²) in [7, 11) is 1.33. The Bertz CT molecular complexity index is 448. The van der Waals surface area contributed by atoms with Crippen LogP contribution in [0.2, 0.25) is 0 Å². The smallest absolute Gasteiger partial charge is 0.325 e. The van der Waals surface area contributed by atoms with E-state index in [2.05, 4.69) is 4.74 Å². The van der Waals surface area contributed by atoms with Crippen molar-refractivity contribution in [3.05, 3.63) is 34.9 Å². The second-order valence-corrected chi connectivity index (χ2v) is 4.68. The molecule has 1 aromatic rings. The molecule has 0 radical (unpaired) electrons. The zero-order valence-electron chi connectivity index (χ0n) is 12.0. The third kappa shape index (κ3) is 4.39. The van der Waals surface area contributed by atoms with Crippen molar-refractivity contribution in [2.45, 2.75) is 27.2 Å². The molecule has 4 nitrogen and oxygen atoms in total. The Morgan fingerprint density at radius 2 is 1.74 bits per heavy atom. The van der Waals surface area contributed by atoms with Gasteiger partial charge >= 0.3 is 5.97 Å². The molecule has 0 bridgehead atoms. The molecule has 0 aliphatic heterocycles. The monoisotopic (exact) mass is 263 g/mol. The number of aryl methyl sites for hydroxylation is 2. The molecule has 0 N–H and O–H groups in total.